The van der Waals surface area contributed by atoms with Gasteiger partial charge in [-0.1, -0.05) is 38.1 Å². The van der Waals surface area contributed by atoms with Crippen LogP contribution < -0.4 is 0 Å². The molecule has 12 heavy (non-hydrogen) atoms. The van der Waals surface area contributed by atoms with Crippen molar-refractivity contribution in [3.63, 3.8) is 0 Å². The van der Waals surface area contributed by atoms with E-state index in [1.807, 2.05) is 0 Å². The minimum atomic E-state index is 0. The quantitative estimate of drug-likeness (QED) is 0.612. The van der Waals surface area contributed by atoms with Crippen molar-refractivity contribution in [1.82, 2.24) is 0 Å². The van der Waals surface area contributed by atoms with E-state index in [4.69, 9.17) is 0 Å². The molecule has 1 aromatic rings. The summed E-state index contributed by atoms with van der Waals surface area (Å²) in [4.78, 5) is 0. The molecule has 1 aromatic carbocycles. The number of hydrogen-bond acceptors (Lipinski definition) is 0. The van der Waals surface area contributed by atoms with Gasteiger partial charge in [0.15, 0.2) is 0 Å². The standard InChI is InChI=1S/C10H15P.ClH/c1-8-6-4-5-7-9(8)10(2,3)11;/h4-7H,11H2,1-3H3;1H. The van der Waals surface area contributed by atoms with Crippen molar-refractivity contribution in [3.05, 3.63) is 35.4 Å². The molecule has 1 unspecified atom stereocenters. The van der Waals surface area contributed by atoms with Crippen molar-refractivity contribution in [2.75, 3.05) is 0 Å². The molecule has 0 aromatic heterocycles. The lowest BCUT2D eigenvalue weighted by Crippen LogP contribution is -2.08. The maximum Gasteiger partial charge on any atom is 0.00439 e. The zero-order chi connectivity index (χ0) is 8.48. The largest absolute Gasteiger partial charge is 0.147 e. The van der Waals surface area contributed by atoms with Crippen LogP contribution in [0.1, 0.15) is 25.0 Å². The van der Waals surface area contributed by atoms with Gasteiger partial charge in [-0.05, 0) is 18.1 Å². The highest BCUT2D eigenvalue weighted by atomic mass is 35.5. The highest BCUT2D eigenvalue weighted by molar-refractivity contribution is 7.18. The van der Waals surface area contributed by atoms with E-state index in [1.54, 1.807) is 0 Å². The summed E-state index contributed by atoms with van der Waals surface area (Å²) in [5, 5.41) is 0.200. The molecule has 2 heteroatoms. The van der Waals surface area contributed by atoms with Gasteiger partial charge in [0.25, 0.3) is 0 Å². The molecular weight excluding hydrogens is 187 g/mol. The first kappa shape index (κ1) is 11.9. The normalized spacial score (nSPS) is 10.7. The Hall–Kier alpha value is -0.0600. The van der Waals surface area contributed by atoms with Gasteiger partial charge in [-0.3, -0.25) is 0 Å². The van der Waals surface area contributed by atoms with Gasteiger partial charge in [-0.15, -0.1) is 21.6 Å². The summed E-state index contributed by atoms with van der Waals surface area (Å²) in [7, 11) is 2.86. The predicted molar refractivity (Wildman–Crippen MR) is 61.2 cm³/mol. The molecule has 0 saturated carbocycles. The number of rotatable bonds is 1. The summed E-state index contributed by atoms with van der Waals surface area (Å²) < 4.78 is 0. The number of aryl methyl sites for hydroxylation is 1. The molecule has 0 aliphatic heterocycles. The fraction of sp³-hybridized carbons (Fsp3) is 0.400. The van der Waals surface area contributed by atoms with E-state index < -0.39 is 0 Å². The Morgan fingerprint density at radius 3 is 2.00 bits per heavy atom. The maximum atomic E-state index is 2.86. The number of halogens is 1. The van der Waals surface area contributed by atoms with Crippen molar-refractivity contribution >= 4 is 21.6 Å². The summed E-state index contributed by atoms with van der Waals surface area (Å²) in [5.41, 5.74) is 2.78. The van der Waals surface area contributed by atoms with Gasteiger partial charge in [0.2, 0.25) is 0 Å². The average Bonchev–Trinajstić information content (AvgIpc) is 1.86. The molecule has 68 valence electrons. The molecule has 0 nitrogen and oxygen atoms in total. The van der Waals surface area contributed by atoms with Gasteiger partial charge in [-0.2, -0.15) is 0 Å². The highest BCUT2D eigenvalue weighted by Gasteiger charge is 2.14. The Morgan fingerprint density at radius 2 is 1.67 bits per heavy atom. The van der Waals surface area contributed by atoms with E-state index in [-0.39, 0.29) is 17.6 Å². The topological polar surface area (TPSA) is 0 Å². The second-order valence-corrected chi connectivity index (χ2v) is 4.98. The van der Waals surface area contributed by atoms with Crippen molar-refractivity contribution < 1.29 is 0 Å². The number of hydrogen-bond donors (Lipinski definition) is 0. The summed E-state index contributed by atoms with van der Waals surface area (Å²) >= 11 is 0. The third-order valence-corrected chi connectivity index (χ3v) is 2.15. The molecule has 0 bridgehead atoms. The van der Waals surface area contributed by atoms with Crippen LogP contribution in [0, 0.1) is 6.92 Å². The van der Waals surface area contributed by atoms with Crippen molar-refractivity contribution in [2.45, 2.75) is 25.9 Å². The van der Waals surface area contributed by atoms with Crippen LogP contribution in [0.5, 0.6) is 0 Å². The van der Waals surface area contributed by atoms with Crippen LogP contribution in [0.4, 0.5) is 0 Å². The first-order valence-electron chi connectivity index (χ1n) is 3.87. The van der Waals surface area contributed by atoms with Crippen LogP contribution in [-0.2, 0) is 5.16 Å². The molecule has 0 saturated heterocycles. The van der Waals surface area contributed by atoms with E-state index in [9.17, 15) is 0 Å². The SMILES string of the molecule is Cc1ccccc1C(C)(C)P.Cl. The second-order valence-electron chi connectivity index (χ2n) is 3.54. The summed E-state index contributed by atoms with van der Waals surface area (Å²) in [6.45, 7) is 6.57. The Bertz CT molecular complexity index is 250. The first-order valence-corrected chi connectivity index (χ1v) is 4.44. The van der Waals surface area contributed by atoms with Crippen LogP contribution >= 0.6 is 21.6 Å². The van der Waals surface area contributed by atoms with Crippen molar-refractivity contribution in [1.29, 1.82) is 0 Å². The molecule has 0 radical (unpaired) electrons. The highest BCUT2D eigenvalue weighted by Crippen LogP contribution is 2.31. The molecule has 0 aliphatic carbocycles. The molecule has 0 fully saturated rings. The monoisotopic (exact) mass is 202 g/mol. The number of benzene rings is 1. The third-order valence-electron chi connectivity index (χ3n) is 1.84. The molecule has 0 heterocycles. The van der Waals surface area contributed by atoms with E-state index in [0.717, 1.165) is 0 Å². The predicted octanol–water partition coefficient (Wildman–Crippen LogP) is 3.53. The zero-order valence-electron chi connectivity index (χ0n) is 7.79. The molecule has 0 amide bonds. The van der Waals surface area contributed by atoms with Gasteiger partial charge in [0, 0.05) is 5.16 Å². The molecular formula is C10H16ClP. The maximum absolute atomic E-state index is 2.86. The van der Waals surface area contributed by atoms with Gasteiger partial charge in [0.1, 0.15) is 0 Å². The van der Waals surface area contributed by atoms with Gasteiger partial charge in [-0.25, -0.2) is 0 Å². The van der Waals surface area contributed by atoms with Crippen LogP contribution in [-0.4, -0.2) is 0 Å². The van der Waals surface area contributed by atoms with Gasteiger partial charge < -0.3 is 0 Å². The van der Waals surface area contributed by atoms with Gasteiger partial charge >= 0.3 is 0 Å². The van der Waals surface area contributed by atoms with Crippen LogP contribution in [0.15, 0.2) is 24.3 Å². The fourth-order valence-electron chi connectivity index (χ4n) is 1.30. The van der Waals surface area contributed by atoms with Crippen LogP contribution in [0.3, 0.4) is 0 Å². The fourth-order valence-corrected chi connectivity index (χ4v) is 1.62. The molecule has 1 rings (SSSR count). The molecule has 0 N–H and O–H groups in total. The minimum absolute atomic E-state index is 0. The second kappa shape index (κ2) is 4.25. The summed E-state index contributed by atoms with van der Waals surface area (Å²) in [6.07, 6.45) is 0. The minimum Gasteiger partial charge on any atom is -0.147 e. The van der Waals surface area contributed by atoms with E-state index in [2.05, 4.69) is 54.3 Å². The Morgan fingerprint density at radius 1 is 1.17 bits per heavy atom. The van der Waals surface area contributed by atoms with Crippen molar-refractivity contribution in [3.8, 4) is 0 Å². The lowest BCUT2D eigenvalue weighted by atomic mass is 9.97. The van der Waals surface area contributed by atoms with E-state index >= 15 is 0 Å². The molecule has 0 spiro atoms. The van der Waals surface area contributed by atoms with E-state index in [0.29, 0.717) is 0 Å². The zero-order valence-corrected chi connectivity index (χ0v) is 9.77. The first-order chi connectivity index (χ1) is 5.02. The van der Waals surface area contributed by atoms with Gasteiger partial charge in [0.05, 0.1) is 0 Å². The van der Waals surface area contributed by atoms with Crippen molar-refractivity contribution in [2.24, 2.45) is 0 Å². The van der Waals surface area contributed by atoms with Crippen LogP contribution in [0.2, 0.25) is 0 Å². The smallest absolute Gasteiger partial charge is 0.00439 e. The van der Waals surface area contributed by atoms with Crippen LogP contribution in [0.25, 0.3) is 0 Å². The Kier molecular flexibility index (Phi) is 4.23. The molecule has 1 atom stereocenters. The Balaban J connectivity index is 0.00000121. The third kappa shape index (κ3) is 2.77. The average molecular weight is 203 g/mol. The lowest BCUT2D eigenvalue weighted by Gasteiger charge is -2.20. The molecule has 0 aliphatic rings. The Labute approximate surface area is 83.4 Å². The lowest BCUT2D eigenvalue weighted by molar-refractivity contribution is 0.775. The summed E-state index contributed by atoms with van der Waals surface area (Å²) in [6, 6.07) is 8.51. The van der Waals surface area contributed by atoms with E-state index in [1.165, 1.54) is 11.1 Å². The summed E-state index contributed by atoms with van der Waals surface area (Å²) in [5.74, 6) is 0.